The lowest BCUT2D eigenvalue weighted by Gasteiger charge is -2.46. The zero-order chi connectivity index (χ0) is 10.8. The normalized spacial score (nSPS) is 33.3. The second-order valence-corrected chi connectivity index (χ2v) is 3.85. The summed E-state index contributed by atoms with van der Waals surface area (Å²) in [5.74, 6) is -0.747. The highest BCUT2D eigenvalue weighted by atomic mass is 16.5. The Bertz CT molecular complexity index is 208. The van der Waals surface area contributed by atoms with E-state index in [9.17, 15) is 9.90 Å². The predicted octanol–water partition coefficient (Wildman–Crippen LogP) is 0.726. The van der Waals surface area contributed by atoms with Crippen LogP contribution in [0.2, 0.25) is 0 Å². The van der Waals surface area contributed by atoms with Gasteiger partial charge in [0.15, 0.2) is 0 Å². The van der Waals surface area contributed by atoms with Crippen LogP contribution >= 0.6 is 0 Å². The van der Waals surface area contributed by atoms with E-state index in [1.807, 2.05) is 6.92 Å². The van der Waals surface area contributed by atoms with E-state index in [1.54, 1.807) is 7.11 Å². The van der Waals surface area contributed by atoms with Gasteiger partial charge in [0, 0.05) is 20.0 Å². The Morgan fingerprint density at radius 3 is 2.50 bits per heavy atom. The van der Waals surface area contributed by atoms with Gasteiger partial charge >= 0.3 is 5.97 Å². The lowest BCUT2D eigenvalue weighted by Crippen LogP contribution is -2.55. The summed E-state index contributed by atoms with van der Waals surface area (Å²) in [7, 11) is 2.96. The van der Waals surface area contributed by atoms with Crippen LogP contribution in [0.25, 0.3) is 0 Å². The molecule has 0 aliphatic heterocycles. The molecule has 0 radical (unpaired) electrons. The molecular formula is C10H18O4. The molecule has 82 valence electrons. The van der Waals surface area contributed by atoms with Gasteiger partial charge in [-0.25, -0.2) is 0 Å². The van der Waals surface area contributed by atoms with Crippen molar-refractivity contribution in [3.8, 4) is 0 Å². The van der Waals surface area contributed by atoms with Crippen molar-refractivity contribution < 1.29 is 19.4 Å². The van der Waals surface area contributed by atoms with Crippen molar-refractivity contribution in [3.63, 3.8) is 0 Å². The molecule has 0 spiro atoms. The van der Waals surface area contributed by atoms with Gasteiger partial charge in [0.05, 0.1) is 24.7 Å². The van der Waals surface area contributed by atoms with Crippen LogP contribution in [0.15, 0.2) is 0 Å². The Morgan fingerprint density at radius 1 is 1.57 bits per heavy atom. The summed E-state index contributed by atoms with van der Waals surface area (Å²) in [4.78, 5) is 11.4. The van der Waals surface area contributed by atoms with Crippen molar-refractivity contribution in [2.45, 2.75) is 37.9 Å². The molecule has 0 heterocycles. The number of hydrogen-bond acceptors (Lipinski definition) is 4. The average Bonchev–Trinajstić information content (AvgIpc) is 2.14. The quantitative estimate of drug-likeness (QED) is 0.683. The molecule has 0 aromatic carbocycles. The van der Waals surface area contributed by atoms with E-state index in [0.717, 1.165) is 0 Å². The highest BCUT2D eigenvalue weighted by Crippen LogP contribution is 2.41. The van der Waals surface area contributed by atoms with Crippen molar-refractivity contribution in [1.29, 1.82) is 0 Å². The molecule has 0 amide bonds. The van der Waals surface area contributed by atoms with Crippen LogP contribution in [0.3, 0.4) is 0 Å². The predicted molar refractivity (Wildman–Crippen MR) is 50.8 cm³/mol. The van der Waals surface area contributed by atoms with Gasteiger partial charge in [-0.1, -0.05) is 6.92 Å². The minimum atomic E-state index is -0.914. The number of hydrogen-bond donors (Lipinski definition) is 1. The van der Waals surface area contributed by atoms with Crippen LogP contribution in [-0.2, 0) is 14.3 Å². The summed E-state index contributed by atoms with van der Waals surface area (Å²) in [5.41, 5.74) is -0.914. The summed E-state index contributed by atoms with van der Waals surface area (Å²) in [5, 5.41) is 10.1. The minimum absolute atomic E-state index is 0.0821. The summed E-state index contributed by atoms with van der Waals surface area (Å²) in [6.07, 6.45) is 1.73. The lowest BCUT2D eigenvalue weighted by atomic mass is 9.68. The molecule has 0 aromatic heterocycles. The molecule has 4 nitrogen and oxygen atoms in total. The van der Waals surface area contributed by atoms with E-state index in [4.69, 9.17) is 4.74 Å². The largest absolute Gasteiger partial charge is 0.469 e. The van der Waals surface area contributed by atoms with Gasteiger partial charge in [-0.15, -0.1) is 0 Å². The SMILES string of the molecule is CCC(C(=O)OC)C1(O)CC(OC)C1. The van der Waals surface area contributed by atoms with Crippen LogP contribution in [0.5, 0.6) is 0 Å². The van der Waals surface area contributed by atoms with Gasteiger partial charge in [-0.3, -0.25) is 4.79 Å². The summed E-state index contributed by atoms with van der Waals surface area (Å²) in [6, 6.07) is 0. The third kappa shape index (κ3) is 1.91. The molecule has 4 heteroatoms. The topological polar surface area (TPSA) is 55.8 Å². The summed E-state index contributed by atoms with van der Waals surface area (Å²) < 4.78 is 9.73. The molecular weight excluding hydrogens is 184 g/mol. The second-order valence-electron chi connectivity index (χ2n) is 3.85. The van der Waals surface area contributed by atoms with Crippen molar-refractivity contribution >= 4 is 5.97 Å². The molecule has 14 heavy (non-hydrogen) atoms. The van der Waals surface area contributed by atoms with Gasteiger partial charge in [0.1, 0.15) is 0 Å². The third-order valence-corrected chi connectivity index (χ3v) is 3.04. The first-order valence-corrected chi connectivity index (χ1v) is 4.90. The number of aliphatic hydroxyl groups is 1. The van der Waals surface area contributed by atoms with Gasteiger partial charge in [-0.2, -0.15) is 0 Å². The lowest BCUT2D eigenvalue weighted by molar-refractivity contribution is -0.183. The van der Waals surface area contributed by atoms with Crippen LogP contribution < -0.4 is 0 Å². The molecule has 0 aromatic rings. The molecule has 1 aliphatic carbocycles. The monoisotopic (exact) mass is 202 g/mol. The first kappa shape index (κ1) is 11.5. The number of carbonyl (C=O) groups is 1. The van der Waals surface area contributed by atoms with E-state index in [1.165, 1.54) is 7.11 Å². The van der Waals surface area contributed by atoms with Crippen molar-refractivity contribution in [1.82, 2.24) is 0 Å². The molecule has 1 rings (SSSR count). The Labute approximate surface area is 84.2 Å². The Morgan fingerprint density at radius 2 is 2.14 bits per heavy atom. The van der Waals surface area contributed by atoms with E-state index in [-0.39, 0.29) is 12.1 Å². The van der Waals surface area contributed by atoms with Crippen LogP contribution in [-0.4, -0.2) is 37.0 Å². The van der Waals surface area contributed by atoms with Crippen molar-refractivity contribution in [2.24, 2.45) is 5.92 Å². The fourth-order valence-electron chi connectivity index (χ4n) is 2.09. The smallest absolute Gasteiger partial charge is 0.311 e. The number of rotatable bonds is 4. The molecule has 1 N–H and O–H groups in total. The molecule has 1 atom stereocenters. The van der Waals surface area contributed by atoms with Crippen molar-refractivity contribution in [2.75, 3.05) is 14.2 Å². The van der Waals surface area contributed by atoms with Gasteiger partial charge in [0.2, 0.25) is 0 Å². The zero-order valence-electron chi connectivity index (χ0n) is 8.95. The maximum absolute atomic E-state index is 11.4. The third-order valence-electron chi connectivity index (χ3n) is 3.04. The molecule has 1 fully saturated rings. The molecule has 0 saturated heterocycles. The van der Waals surface area contributed by atoms with E-state index < -0.39 is 11.5 Å². The number of ether oxygens (including phenoxy) is 2. The van der Waals surface area contributed by atoms with Gasteiger partial charge in [-0.05, 0) is 6.42 Å². The maximum Gasteiger partial charge on any atom is 0.311 e. The average molecular weight is 202 g/mol. The summed E-state index contributed by atoms with van der Waals surface area (Å²) in [6.45, 7) is 1.87. The van der Waals surface area contributed by atoms with Crippen LogP contribution in [0.4, 0.5) is 0 Å². The highest BCUT2D eigenvalue weighted by Gasteiger charge is 2.51. The Hall–Kier alpha value is -0.610. The van der Waals surface area contributed by atoms with Crippen LogP contribution in [0, 0.1) is 5.92 Å². The summed E-state index contributed by atoms with van der Waals surface area (Å²) >= 11 is 0. The van der Waals surface area contributed by atoms with Crippen molar-refractivity contribution in [3.05, 3.63) is 0 Å². The second kappa shape index (κ2) is 4.28. The maximum atomic E-state index is 11.4. The first-order chi connectivity index (χ1) is 6.57. The zero-order valence-corrected chi connectivity index (χ0v) is 8.95. The number of esters is 1. The molecule has 1 saturated carbocycles. The fourth-order valence-corrected chi connectivity index (χ4v) is 2.09. The molecule has 1 aliphatic rings. The Kier molecular flexibility index (Phi) is 3.50. The molecule has 0 bridgehead atoms. The van der Waals surface area contributed by atoms with Gasteiger partial charge in [0.25, 0.3) is 0 Å². The van der Waals surface area contributed by atoms with E-state index in [0.29, 0.717) is 19.3 Å². The standard InChI is InChI=1S/C10H18O4/c1-4-8(9(11)14-3)10(12)5-7(6-10)13-2/h7-8,12H,4-6H2,1-3H3. The van der Waals surface area contributed by atoms with Gasteiger partial charge < -0.3 is 14.6 Å². The fraction of sp³-hybridized carbons (Fsp3) is 0.900. The number of methoxy groups -OCH3 is 2. The minimum Gasteiger partial charge on any atom is -0.469 e. The van der Waals surface area contributed by atoms with E-state index in [2.05, 4.69) is 4.74 Å². The molecule has 1 unspecified atom stereocenters. The Balaban J connectivity index is 2.58. The van der Waals surface area contributed by atoms with E-state index >= 15 is 0 Å². The highest BCUT2D eigenvalue weighted by molar-refractivity contribution is 5.74. The first-order valence-electron chi connectivity index (χ1n) is 4.90. The van der Waals surface area contributed by atoms with Crippen LogP contribution in [0.1, 0.15) is 26.2 Å². The number of carbonyl (C=O) groups excluding carboxylic acids is 1.